The molecule has 0 bridgehead atoms. The normalized spacial score (nSPS) is 15.6. The van der Waals surface area contributed by atoms with Crippen molar-refractivity contribution in [3.63, 3.8) is 0 Å². The van der Waals surface area contributed by atoms with Crippen LogP contribution in [0.4, 0.5) is 5.95 Å². The number of nitrogens with zero attached hydrogens (tertiary/aromatic N) is 6. The first-order chi connectivity index (χ1) is 10.7. The number of piperazine rings is 1. The predicted molar refractivity (Wildman–Crippen MR) is 106 cm³/mol. The first-order valence-corrected chi connectivity index (χ1v) is 7.90. The van der Waals surface area contributed by atoms with Gasteiger partial charge in [0.25, 0.3) is 0 Å². The van der Waals surface area contributed by atoms with Gasteiger partial charge in [0, 0.05) is 58.7 Å². The smallest absolute Gasteiger partial charge is 0.225 e. The van der Waals surface area contributed by atoms with Crippen LogP contribution in [0.1, 0.15) is 6.92 Å². The van der Waals surface area contributed by atoms with Crippen molar-refractivity contribution in [3.05, 3.63) is 18.5 Å². The summed E-state index contributed by atoms with van der Waals surface area (Å²) in [5.74, 6) is 1.80. The third-order valence-electron chi connectivity index (χ3n) is 3.94. The average molecular weight is 433 g/mol. The quantitative estimate of drug-likeness (QED) is 0.420. The lowest BCUT2D eigenvalue weighted by molar-refractivity contribution is 0.343. The average Bonchev–Trinajstić information content (AvgIpc) is 2.59. The number of likely N-dealkylation sites (N-methyl/N-ethyl adjacent to an activating group) is 1. The van der Waals surface area contributed by atoms with Crippen LogP contribution in [0.15, 0.2) is 23.5 Å². The lowest BCUT2D eigenvalue weighted by Gasteiger charge is -2.36. The number of nitrogens with one attached hydrogen (secondary N) is 1. The lowest BCUT2D eigenvalue weighted by atomic mass is 10.3. The molecule has 1 aromatic rings. The van der Waals surface area contributed by atoms with E-state index in [1.54, 1.807) is 12.4 Å². The minimum Gasteiger partial charge on any atom is -0.355 e. The van der Waals surface area contributed by atoms with Crippen LogP contribution in [-0.4, -0.2) is 85.6 Å². The van der Waals surface area contributed by atoms with E-state index < -0.39 is 0 Å². The zero-order valence-electron chi connectivity index (χ0n) is 14.3. The van der Waals surface area contributed by atoms with Gasteiger partial charge in [0.2, 0.25) is 5.95 Å². The van der Waals surface area contributed by atoms with Crippen LogP contribution in [0.2, 0.25) is 0 Å². The van der Waals surface area contributed by atoms with Crippen LogP contribution in [0.5, 0.6) is 0 Å². The Hall–Kier alpha value is -1.16. The largest absolute Gasteiger partial charge is 0.355 e. The van der Waals surface area contributed by atoms with Crippen molar-refractivity contribution in [1.29, 1.82) is 0 Å². The summed E-state index contributed by atoms with van der Waals surface area (Å²) in [6, 6.07) is 1.85. The first-order valence-electron chi connectivity index (χ1n) is 7.90. The van der Waals surface area contributed by atoms with Gasteiger partial charge in [-0.05, 0) is 19.7 Å². The van der Waals surface area contributed by atoms with Gasteiger partial charge < -0.3 is 20.0 Å². The van der Waals surface area contributed by atoms with Gasteiger partial charge in [-0.3, -0.25) is 4.99 Å². The van der Waals surface area contributed by atoms with Gasteiger partial charge in [0.05, 0.1) is 0 Å². The molecule has 0 radical (unpaired) electrons. The lowest BCUT2D eigenvalue weighted by Crippen LogP contribution is -2.53. The van der Waals surface area contributed by atoms with Gasteiger partial charge in [-0.25, -0.2) is 9.97 Å². The Kier molecular flexibility index (Phi) is 9.15. The standard InChI is InChI=1S/C15H27N7.HI/c1-4-20(3)9-8-19-14(16-2)21-10-12-22(13-11-21)15-17-6-5-7-18-15;/h5-7H,4,8-13H2,1-3H3,(H,16,19);1H. The molecule has 1 N–H and O–H groups in total. The Morgan fingerprint density at radius 1 is 1.26 bits per heavy atom. The molecule has 0 aromatic carbocycles. The molecule has 0 unspecified atom stereocenters. The fraction of sp³-hybridized carbons (Fsp3) is 0.667. The second kappa shape index (κ2) is 10.6. The number of aliphatic imine (C=N–C) groups is 1. The summed E-state index contributed by atoms with van der Waals surface area (Å²) in [5.41, 5.74) is 0. The minimum absolute atomic E-state index is 0. The molecule has 1 aromatic heterocycles. The molecule has 0 aliphatic carbocycles. The number of halogens is 1. The van der Waals surface area contributed by atoms with Crippen LogP contribution in [0, 0.1) is 0 Å². The van der Waals surface area contributed by atoms with Crippen LogP contribution in [0.3, 0.4) is 0 Å². The maximum absolute atomic E-state index is 4.40. The third-order valence-corrected chi connectivity index (χ3v) is 3.94. The summed E-state index contributed by atoms with van der Waals surface area (Å²) in [6.45, 7) is 8.87. The zero-order chi connectivity index (χ0) is 15.8. The highest BCUT2D eigenvalue weighted by Gasteiger charge is 2.20. The molecule has 0 atom stereocenters. The molecule has 1 fully saturated rings. The van der Waals surface area contributed by atoms with E-state index in [-0.39, 0.29) is 24.0 Å². The highest BCUT2D eigenvalue weighted by molar-refractivity contribution is 14.0. The maximum Gasteiger partial charge on any atom is 0.225 e. The number of hydrogen-bond acceptors (Lipinski definition) is 5. The molecule has 0 saturated carbocycles. The van der Waals surface area contributed by atoms with Crippen LogP contribution < -0.4 is 10.2 Å². The van der Waals surface area contributed by atoms with E-state index in [1.807, 2.05) is 13.1 Å². The number of guanidine groups is 1. The van der Waals surface area contributed by atoms with Crippen molar-refractivity contribution in [2.24, 2.45) is 4.99 Å². The van der Waals surface area contributed by atoms with E-state index >= 15 is 0 Å². The number of aromatic nitrogens is 2. The van der Waals surface area contributed by atoms with Crippen molar-refractivity contribution in [2.75, 3.05) is 64.8 Å². The second-order valence-corrected chi connectivity index (χ2v) is 5.39. The molecule has 8 heteroatoms. The molecule has 23 heavy (non-hydrogen) atoms. The number of anilines is 1. The highest BCUT2D eigenvalue weighted by Crippen LogP contribution is 2.09. The van der Waals surface area contributed by atoms with E-state index in [4.69, 9.17) is 0 Å². The van der Waals surface area contributed by atoms with Crippen molar-refractivity contribution in [2.45, 2.75) is 6.92 Å². The Morgan fingerprint density at radius 2 is 1.91 bits per heavy atom. The van der Waals surface area contributed by atoms with Crippen LogP contribution in [0.25, 0.3) is 0 Å². The summed E-state index contributed by atoms with van der Waals surface area (Å²) in [4.78, 5) is 19.8. The van der Waals surface area contributed by atoms with E-state index in [2.05, 4.69) is 48.9 Å². The van der Waals surface area contributed by atoms with E-state index in [1.165, 1.54) is 0 Å². The number of hydrogen-bond donors (Lipinski definition) is 1. The van der Waals surface area contributed by atoms with Gasteiger partial charge in [-0.1, -0.05) is 6.92 Å². The molecule has 0 amide bonds. The van der Waals surface area contributed by atoms with Crippen molar-refractivity contribution < 1.29 is 0 Å². The molecule has 0 spiro atoms. The van der Waals surface area contributed by atoms with Gasteiger partial charge >= 0.3 is 0 Å². The SMILES string of the molecule is CCN(C)CCNC(=NC)N1CCN(c2ncccn2)CC1.I. The molecular formula is C15H28IN7. The van der Waals surface area contributed by atoms with Crippen LogP contribution >= 0.6 is 24.0 Å². The Balaban J connectivity index is 0.00000264. The highest BCUT2D eigenvalue weighted by atomic mass is 127. The van der Waals surface area contributed by atoms with E-state index in [9.17, 15) is 0 Å². The fourth-order valence-corrected chi connectivity index (χ4v) is 2.42. The molecule has 1 saturated heterocycles. The molecule has 1 aliphatic heterocycles. The minimum atomic E-state index is 0. The van der Waals surface area contributed by atoms with E-state index in [0.717, 1.165) is 57.7 Å². The first kappa shape index (κ1) is 19.9. The van der Waals surface area contributed by atoms with Gasteiger partial charge in [-0.15, -0.1) is 24.0 Å². The summed E-state index contributed by atoms with van der Waals surface area (Å²) in [6.07, 6.45) is 3.58. The van der Waals surface area contributed by atoms with Crippen LogP contribution in [-0.2, 0) is 0 Å². The Morgan fingerprint density at radius 3 is 2.48 bits per heavy atom. The van der Waals surface area contributed by atoms with E-state index in [0.29, 0.717) is 0 Å². The monoisotopic (exact) mass is 433 g/mol. The zero-order valence-corrected chi connectivity index (χ0v) is 16.6. The molecule has 7 nitrogen and oxygen atoms in total. The molecular weight excluding hydrogens is 405 g/mol. The summed E-state index contributed by atoms with van der Waals surface area (Å²) in [7, 11) is 3.97. The third kappa shape index (κ3) is 6.09. The fourth-order valence-electron chi connectivity index (χ4n) is 2.42. The molecule has 2 rings (SSSR count). The van der Waals surface area contributed by atoms with Gasteiger partial charge in [0.1, 0.15) is 0 Å². The second-order valence-electron chi connectivity index (χ2n) is 5.39. The molecule has 130 valence electrons. The maximum atomic E-state index is 4.40. The van der Waals surface area contributed by atoms with Crippen molar-refractivity contribution >= 4 is 35.9 Å². The Bertz CT molecular complexity index is 460. The van der Waals surface area contributed by atoms with Gasteiger partial charge in [-0.2, -0.15) is 0 Å². The summed E-state index contributed by atoms with van der Waals surface area (Å²) < 4.78 is 0. The van der Waals surface area contributed by atoms with Crippen molar-refractivity contribution in [1.82, 2.24) is 25.1 Å². The molecule has 1 aliphatic rings. The predicted octanol–water partition coefficient (Wildman–Crippen LogP) is 0.744. The Labute approximate surface area is 156 Å². The van der Waals surface area contributed by atoms with Gasteiger partial charge in [0.15, 0.2) is 5.96 Å². The summed E-state index contributed by atoms with van der Waals surface area (Å²) >= 11 is 0. The summed E-state index contributed by atoms with van der Waals surface area (Å²) in [5, 5.41) is 3.44. The topological polar surface area (TPSA) is 59.9 Å². The van der Waals surface area contributed by atoms with Crippen molar-refractivity contribution in [3.8, 4) is 0 Å². The number of rotatable bonds is 5. The molecule has 2 heterocycles.